The number of para-hydroxylation sites is 1. The van der Waals surface area contributed by atoms with Gasteiger partial charge in [0, 0.05) is 10.4 Å². The Balaban J connectivity index is 1.41. The molecule has 4 saturated carbocycles. The summed E-state index contributed by atoms with van der Waals surface area (Å²) in [4.78, 5) is 12.5. The number of hydrogen-bond donors (Lipinski definition) is 1. The van der Waals surface area contributed by atoms with Crippen LogP contribution in [0.5, 0.6) is 0 Å². The van der Waals surface area contributed by atoms with Gasteiger partial charge in [0.05, 0.1) is 5.25 Å². The summed E-state index contributed by atoms with van der Waals surface area (Å²) in [5, 5.41) is 3.10. The molecule has 1 aromatic rings. The van der Waals surface area contributed by atoms with Crippen molar-refractivity contribution in [1.29, 1.82) is 0 Å². The van der Waals surface area contributed by atoms with Crippen molar-refractivity contribution in [2.75, 3.05) is 5.32 Å². The van der Waals surface area contributed by atoms with Gasteiger partial charge < -0.3 is 5.32 Å². The van der Waals surface area contributed by atoms with Gasteiger partial charge in [0.2, 0.25) is 5.91 Å². The lowest BCUT2D eigenvalue weighted by Crippen LogP contribution is -2.49. The van der Waals surface area contributed by atoms with Crippen LogP contribution in [0.25, 0.3) is 0 Å². The highest BCUT2D eigenvalue weighted by Gasteiger charge is 2.52. The smallest absolute Gasteiger partial charge is 0.237 e. The highest BCUT2D eigenvalue weighted by atomic mass is 32.2. The van der Waals surface area contributed by atoms with E-state index in [0.717, 1.165) is 23.4 Å². The van der Waals surface area contributed by atoms with Crippen molar-refractivity contribution in [2.24, 2.45) is 17.8 Å². The number of amides is 1. The minimum Gasteiger partial charge on any atom is -0.325 e. The van der Waals surface area contributed by atoms with Crippen molar-refractivity contribution in [3.05, 3.63) is 30.3 Å². The summed E-state index contributed by atoms with van der Waals surface area (Å²) in [6, 6.07) is 9.82. The van der Waals surface area contributed by atoms with Crippen LogP contribution in [0.15, 0.2) is 30.3 Å². The highest BCUT2D eigenvalue weighted by Crippen LogP contribution is 2.61. The summed E-state index contributed by atoms with van der Waals surface area (Å²) in [6.45, 7) is 2.08. The van der Waals surface area contributed by atoms with Crippen molar-refractivity contribution in [3.8, 4) is 0 Å². The van der Waals surface area contributed by atoms with Gasteiger partial charge in [-0.2, -0.15) is 0 Å². The molecule has 1 atom stereocenters. The van der Waals surface area contributed by atoms with Crippen LogP contribution in [0.2, 0.25) is 0 Å². The number of rotatable bonds is 4. The first-order chi connectivity index (χ1) is 10.6. The maximum absolute atomic E-state index is 12.5. The second-order valence-electron chi connectivity index (χ2n) is 7.72. The number of hydrogen-bond acceptors (Lipinski definition) is 2. The fourth-order valence-corrected chi connectivity index (χ4v) is 7.28. The van der Waals surface area contributed by atoms with Crippen LogP contribution in [0.4, 0.5) is 5.69 Å². The van der Waals surface area contributed by atoms with Gasteiger partial charge in [0.15, 0.2) is 0 Å². The Hall–Kier alpha value is -0.960. The van der Waals surface area contributed by atoms with Gasteiger partial charge in [0.1, 0.15) is 0 Å². The van der Waals surface area contributed by atoms with E-state index >= 15 is 0 Å². The molecule has 4 aliphatic rings. The molecule has 4 aliphatic carbocycles. The molecule has 1 N–H and O–H groups in total. The zero-order valence-electron chi connectivity index (χ0n) is 13.3. The molecule has 0 spiro atoms. The number of anilines is 1. The summed E-state index contributed by atoms with van der Waals surface area (Å²) >= 11 is 1.97. The molecule has 0 aliphatic heterocycles. The first-order valence-corrected chi connectivity index (χ1v) is 9.54. The van der Waals surface area contributed by atoms with Crippen LogP contribution in [0, 0.1) is 17.8 Å². The predicted molar refractivity (Wildman–Crippen MR) is 93.0 cm³/mol. The van der Waals surface area contributed by atoms with Crippen molar-refractivity contribution in [2.45, 2.75) is 55.4 Å². The molecule has 1 amide bonds. The van der Waals surface area contributed by atoms with Crippen molar-refractivity contribution in [3.63, 3.8) is 0 Å². The van der Waals surface area contributed by atoms with E-state index in [2.05, 4.69) is 12.2 Å². The Morgan fingerprint density at radius 2 is 1.64 bits per heavy atom. The Kier molecular flexibility index (Phi) is 3.72. The number of carbonyl (C=O) groups is 1. The van der Waals surface area contributed by atoms with Gasteiger partial charge in [-0.15, -0.1) is 11.8 Å². The normalized spacial score (nSPS) is 37.0. The monoisotopic (exact) mass is 315 g/mol. The largest absolute Gasteiger partial charge is 0.325 e. The van der Waals surface area contributed by atoms with Crippen LogP contribution in [-0.2, 0) is 4.79 Å². The maximum Gasteiger partial charge on any atom is 0.237 e. The Bertz CT molecular complexity index is 521. The molecule has 0 aromatic heterocycles. The summed E-state index contributed by atoms with van der Waals surface area (Å²) in [5.41, 5.74) is 0.908. The molecular weight excluding hydrogens is 290 g/mol. The van der Waals surface area contributed by atoms with E-state index in [1.54, 1.807) is 0 Å². The fraction of sp³-hybridized carbons (Fsp3) is 0.632. The Morgan fingerprint density at radius 3 is 2.18 bits per heavy atom. The van der Waals surface area contributed by atoms with Crippen LogP contribution >= 0.6 is 11.8 Å². The molecular formula is C19H25NOS. The summed E-state index contributed by atoms with van der Waals surface area (Å²) in [7, 11) is 0. The minimum atomic E-state index is 0.0384. The average molecular weight is 315 g/mol. The van der Waals surface area contributed by atoms with E-state index in [1.807, 2.05) is 42.1 Å². The second-order valence-corrected chi connectivity index (χ2v) is 9.52. The molecule has 3 heteroatoms. The van der Waals surface area contributed by atoms with E-state index in [9.17, 15) is 4.79 Å². The van der Waals surface area contributed by atoms with Gasteiger partial charge in [-0.3, -0.25) is 4.79 Å². The first-order valence-electron chi connectivity index (χ1n) is 8.66. The lowest BCUT2D eigenvalue weighted by Gasteiger charge is -2.57. The minimum absolute atomic E-state index is 0.0384. The molecule has 22 heavy (non-hydrogen) atoms. The molecule has 1 aromatic carbocycles. The number of nitrogens with one attached hydrogen (secondary N) is 1. The van der Waals surface area contributed by atoms with Crippen molar-refractivity contribution < 1.29 is 4.79 Å². The lowest BCUT2D eigenvalue weighted by molar-refractivity contribution is -0.115. The first kappa shape index (κ1) is 14.6. The molecule has 0 heterocycles. The van der Waals surface area contributed by atoms with E-state index in [-0.39, 0.29) is 11.2 Å². The van der Waals surface area contributed by atoms with E-state index in [1.165, 1.54) is 38.5 Å². The zero-order chi connectivity index (χ0) is 15.2. The van der Waals surface area contributed by atoms with Gasteiger partial charge in [-0.25, -0.2) is 0 Å². The van der Waals surface area contributed by atoms with E-state index in [0.29, 0.717) is 4.75 Å². The Labute approximate surface area is 137 Å². The third-order valence-corrected chi connectivity index (χ3v) is 7.39. The number of carbonyl (C=O) groups excluding carboxylic acids is 1. The van der Waals surface area contributed by atoms with Crippen LogP contribution < -0.4 is 5.32 Å². The summed E-state index contributed by atoms with van der Waals surface area (Å²) in [5.74, 6) is 3.00. The average Bonchev–Trinajstić information content (AvgIpc) is 2.46. The molecule has 5 rings (SSSR count). The Morgan fingerprint density at radius 1 is 1.09 bits per heavy atom. The van der Waals surface area contributed by atoms with Gasteiger partial charge in [-0.1, -0.05) is 18.2 Å². The van der Waals surface area contributed by atoms with Gasteiger partial charge in [0.25, 0.3) is 0 Å². The predicted octanol–water partition coefficient (Wildman–Crippen LogP) is 4.72. The van der Waals surface area contributed by atoms with Crippen LogP contribution in [0.1, 0.15) is 45.4 Å². The topological polar surface area (TPSA) is 29.1 Å². The maximum atomic E-state index is 12.5. The van der Waals surface area contributed by atoms with E-state index in [4.69, 9.17) is 0 Å². The van der Waals surface area contributed by atoms with E-state index < -0.39 is 0 Å². The van der Waals surface area contributed by atoms with Crippen molar-refractivity contribution in [1.82, 2.24) is 0 Å². The van der Waals surface area contributed by atoms with Gasteiger partial charge >= 0.3 is 0 Å². The standard InChI is InChI=1S/C19H25NOS/c1-13(18(21)20-17-5-3-2-4-6-17)22-19-10-14-7-15(11-19)9-16(8-14)12-19/h2-6,13-16H,7-12H2,1H3,(H,20,21)/t13-,14?,15?,16?,19?/m1/s1. The molecule has 0 unspecified atom stereocenters. The molecule has 4 bridgehead atoms. The highest BCUT2D eigenvalue weighted by molar-refractivity contribution is 8.01. The molecule has 118 valence electrons. The zero-order valence-corrected chi connectivity index (χ0v) is 14.1. The summed E-state index contributed by atoms with van der Waals surface area (Å²) < 4.78 is 0.405. The van der Waals surface area contributed by atoms with Crippen LogP contribution in [-0.4, -0.2) is 15.9 Å². The van der Waals surface area contributed by atoms with Crippen molar-refractivity contribution >= 4 is 23.4 Å². The van der Waals surface area contributed by atoms with Gasteiger partial charge in [-0.05, 0) is 75.3 Å². The number of benzene rings is 1. The number of thioether (sulfide) groups is 1. The quantitative estimate of drug-likeness (QED) is 0.871. The molecule has 0 radical (unpaired) electrons. The molecule has 2 nitrogen and oxygen atoms in total. The molecule has 0 saturated heterocycles. The molecule has 4 fully saturated rings. The third-order valence-electron chi connectivity index (χ3n) is 5.82. The SMILES string of the molecule is C[C@@H](SC12CC3CC(CC(C3)C1)C2)C(=O)Nc1ccccc1. The lowest BCUT2D eigenvalue weighted by atomic mass is 9.56. The third kappa shape index (κ3) is 2.80. The second kappa shape index (κ2) is 5.59. The fourth-order valence-electron chi connectivity index (χ4n) is 5.37. The van der Waals surface area contributed by atoms with Crippen LogP contribution in [0.3, 0.4) is 0 Å². The summed E-state index contributed by atoms with van der Waals surface area (Å²) in [6.07, 6.45) is 8.45.